The van der Waals surface area contributed by atoms with Crippen LogP contribution in [-0.2, 0) is 11.8 Å². The molecular formula is C21H24N2O. The Morgan fingerprint density at radius 3 is 2.79 bits per heavy atom. The second-order valence-corrected chi connectivity index (χ2v) is 6.93. The van der Waals surface area contributed by atoms with Crippen LogP contribution in [0.15, 0.2) is 48.1 Å². The monoisotopic (exact) mass is 320 g/mol. The summed E-state index contributed by atoms with van der Waals surface area (Å²) in [5, 5.41) is 1.27. The van der Waals surface area contributed by atoms with Gasteiger partial charge >= 0.3 is 0 Å². The minimum Gasteiger partial charge on any atom is -0.348 e. The normalized spacial score (nSPS) is 20.8. The summed E-state index contributed by atoms with van der Waals surface area (Å²) < 4.78 is 2.25. The molecule has 0 fully saturated rings. The van der Waals surface area contributed by atoms with Crippen LogP contribution in [0.5, 0.6) is 0 Å². The van der Waals surface area contributed by atoms with E-state index in [9.17, 15) is 4.79 Å². The van der Waals surface area contributed by atoms with Crippen molar-refractivity contribution in [3.63, 3.8) is 0 Å². The molecule has 1 aromatic heterocycles. The van der Waals surface area contributed by atoms with Crippen LogP contribution in [0.3, 0.4) is 0 Å². The molecule has 0 bridgehead atoms. The van der Waals surface area contributed by atoms with Gasteiger partial charge in [0.2, 0.25) is 0 Å². The van der Waals surface area contributed by atoms with Crippen LogP contribution < -0.4 is 0 Å². The molecule has 0 unspecified atom stereocenters. The van der Waals surface area contributed by atoms with E-state index in [2.05, 4.69) is 49.4 Å². The number of benzene rings is 1. The summed E-state index contributed by atoms with van der Waals surface area (Å²) in [6, 6.07) is 8.61. The first-order valence-corrected chi connectivity index (χ1v) is 8.82. The molecule has 24 heavy (non-hydrogen) atoms. The molecule has 0 N–H and O–H groups in total. The van der Waals surface area contributed by atoms with E-state index in [1.54, 1.807) is 0 Å². The van der Waals surface area contributed by atoms with Gasteiger partial charge in [0.15, 0.2) is 0 Å². The number of rotatable bonds is 3. The van der Waals surface area contributed by atoms with Crippen molar-refractivity contribution in [1.82, 2.24) is 9.47 Å². The van der Waals surface area contributed by atoms with Crippen LogP contribution in [0, 0.1) is 6.92 Å². The Bertz CT molecular complexity index is 871. The van der Waals surface area contributed by atoms with Crippen molar-refractivity contribution in [3.8, 4) is 0 Å². The zero-order valence-electron chi connectivity index (χ0n) is 14.5. The fourth-order valence-corrected chi connectivity index (χ4v) is 4.51. The quantitative estimate of drug-likeness (QED) is 0.768. The number of fused-ring (bicyclic) bond motifs is 1. The molecular weight excluding hydrogens is 296 g/mol. The smallest absolute Gasteiger partial charge is 0.250 e. The average Bonchev–Trinajstić information content (AvgIpc) is 3.02. The van der Waals surface area contributed by atoms with Crippen LogP contribution in [0.2, 0.25) is 0 Å². The lowest BCUT2D eigenvalue weighted by Gasteiger charge is -2.27. The molecule has 3 heteroatoms. The van der Waals surface area contributed by atoms with Gasteiger partial charge in [-0.3, -0.25) is 4.79 Å². The molecule has 1 aromatic carbocycles. The van der Waals surface area contributed by atoms with Gasteiger partial charge < -0.3 is 9.47 Å². The Morgan fingerprint density at radius 2 is 2.00 bits per heavy atom. The fourth-order valence-electron chi connectivity index (χ4n) is 4.51. The second kappa shape index (κ2) is 5.66. The maximum atomic E-state index is 13.0. The van der Waals surface area contributed by atoms with Gasteiger partial charge in [0, 0.05) is 41.3 Å². The van der Waals surface area contributed by atoms with Gasteiger partial charge in [-0.25, -0.2) is 0 Å². The molecule has 3 nitrogen and oxygen atoms in total. The lowest BCUT2D eigenvalue weighted by atomic mass is 9.87. The van der Waals surface area contributed by atoms with E-state index in [1.807, 2.05) is 11.0 Å². The number of aromatic nitrogens is 1. The van der Waals surface area contributed by atoms with Crippen LogP contribution in [0.4, 0.5) is 0 Å². The number of carbonyl (C=O) groups excluding carboxylic acids is 1. The molecule has 0 spiro atoms. The SMILES string of the molecule is C=CCN1C(=O)C2=C(CCCC2)[C@H]1c1c(C)n(C)c2ccccc12. The number of nitrogens with zero attached hydrogens (tertiary/aromatic N) is 2. The highest BCUT2D eigenvalue weighted by molar-refractivity contribution is 5.99. The van der Waals surface area contributed by atoms with E-state index >= 15 is 0 Å². The van der Waals surface area contributed by atoms with Crippen molar-refractivity contribution in [2.75, 3.05) is 6.54 Å². The standard InChI is InChI=1S/C21H24N2O/c1-4-13-23-20(15-9-5-6-10-16(15)21(23)24)19-14(2)22(3)18-12-8-7-11-17(18)19/h4,7-8,11-12,20H,1,5-6,9-10,13H2,2-3H3/t20-/m0/s1. The Hall–Kier alpha value is -2.29. The zero-order valence-corrected chi connectivity index (χ0v) is 14.5. The number of aryl methyl sites for hydroxylation is 1. The highest BCUT2D eigenvalue weighted by atomic mass is 16.2. The summed E-state index contributed by atoms with van der Waals surface area (Å²) in [5.74, 6) is 0.224. The summed E-state index contributed by atoms with van der Waals surface area (Å²) in [4.78, 5) is 15.0. The molecule has 2 aliphatic rings. The number of carbonyl (C=O) groups is 1. The van der Waals surface area contributed by atoms with E-state index in [0.717, 1.165) is 24.8 Å². The van der Waals surface area contributed by atoms with E-state index in [4.69, 9.17) is 0 Å². The third kappa shape index (κ3) is 2.00. The van der Waals surface area contributed by atoms with Gasteiger partial charge in [-0.05, 0) is 44.2 Å². The maximum Gasteiger partial charge on any atom is 0.250 e. The molecule has 1 aliphatic carbocycles. The lowest BCUT2D eigenvalue weighted by molar-refractivity contribution is -0.126. The summed E-state index contributed by atoms with van der Waals surface area (Å²) in [6.45, 7) is 6.66. The van der Waals surface area contributed by atoms with Crippen molar-refractivity contribution in [2.45, 2.75) is 38.6 Å². The number of amides is 1. The highest BCUT2D eigenvalue weighted by Gasteiger charge is 2.41. The molecule has 0 radical (unpaired) electrons. The van der Waals surface area contributed by atoms with Gasteiger partial charge in [-0.2, -0.15) is 0 Å². The van der Waals surface area contributed by atoms with Crippen molar-refractivity contribution in [3.05, 3.63) is 59.3 Å². The van der Waals surface area contributed by atoms with E-state index < -0.39 is 0 Å². The molecule has 1 aliphatic heterocycles. The van der Waals surface area contributed by atoms with Crippen LogP contribution >= 0.6 is 0 Å². The fraction of sp³-hybridized carbons (Fsp3) is 0.381. The molecule has 124 valence electrons. The number of hydrogen-bond donors (Lipinski definition) is 0. The van der Waals surface area contributed by atoms with Gasteiger partial charge in [0.25, 0.3) is 5.91 Å². The third-order valence-corrected chi connectivity index (χ3v) is 5.72. The Labute approximate surface area is 143 Å². The van der Waals surface area contributed by atoms with Crippen molar-refractivity contribution in [1.29, 1.82) is 0 Å². The topological polar surface area (TPSA) is 25.2 Å². The zero-order chi connectivity index (χ0) is 16.8. The van der Waals surface area contributed by atoms with Gasteiger partial charge in [0.05, 0.1) is 6.04 Å². The van der Waals surface area contributed by atoms with Gasteiger partial charge in [-0.1, -0.05) is 24.3 Å². The van der Waals surface area contributed by atoms with Crippen LogP contribution in [-0.4, -0.2) is 21.9 Å². The number of hydrogen-bond acceptors (Lipinski definition) is 1. The largest absolute Gasteiger partial charge is 0.348 e. The summed E-state index contributed by atoms with van der Waals surface area (Å²) in [5.41, 5.74) is 6.21. The molecule has 2 heterocycles. The van der Waals surface area contributed by atoms with Crippen molar-refractivity contribution < 1.29 is 4.79 Å². The van der Waals surface area contributed by atoms with Crippen LogP contribution in [0.1, 0.15) is 43.0 Å². The molecule has 1 atom stereocenters. The first-order valence-electron chi connectivity index (χ1n) is 8.82. The lowest BCUT2D eigenvalue weighted by Crippen LogP contribution is -2.30. The predicted octanol–water partition coefficient (Wildman–Crippen LogP) is 4.43. The molecule has 4 rings (SSSR count). The first-order chi connectivity index (χ1) is 11.6. The van der Waals surface area contributed by atoms with E-state index in [-0.39, 0.29) is 11.9 Å². The molecule has 1 amide bonds. The number of para-hydroxylation sites is 1. The second-order valence-electron chi connectivity index (χ2n) is 6.93. The molecule has 2 aromatic rings. The average molecular weight is 320 g/mol. The predicted molar refractivity (Wildman–Crippen MR) is 97.8 cm³/mol. The van der Waals surface area contributed by atoms with Crippen LogP contribution in [0.25, 0.3) is 10.9 Å². The van der Waals surface area contributed by atoms with Crippen molar-refractivity contribution >= 4 is 16.8 Å². The summed E-state index contributed by atoms with van der Waals surface area (Å²) in [7, 11) is 2.12. The Morgan fingerprint density at radius 1 is 1.25 bits per heavy atom. The van der Waals surface area contributed by atoms with Gasteiger partial charge in [-0.15, -0.1) is 6.58 Å². The minimum atomic E-state index is 0.0805. The Balaban J connectivity index is 1.96. The van der Waals surface area contributed by atoms with Crippen molar-refractivity contribution in [2.24, 2.45) is 7.05 Å². The Kier molecular flexibility index (Phi) is 3.60. The summed E-state index contributed by atoms with van der Waals surface area (Å²) in [6.07, 6.45) is 6.15. The van der Waals surface area contributed by atoms with E-state index in [1.165, 1.54) is 34.2 Å². The maximum absolute atomic E-state index is 13.0. The minimum absolute atomic E-state index is 0.0805. The first kappa shape index (κ1) is 15.3. The molecule has 0 saturated heterocycles. The third-order valence-electron chi connectivity index (χ3n) is 5.72. The van der Waals surface area contributed by atoms with E-state index in [0.29, 0.717) is 6.54 Å². The summed E-state index contributed by atoms with van der Waals surface area (Å²) >= 11 is 0. The van der Waals surface area contributed by atoms with Gasteiger partial charge in [0.1, 0.15) is 0 Å². The molecule has 0 saturated carbocycles. The highest BCUT2D eigenvalue weighted by Crippen LogP contribution is 2.47.